The van der Waals surface area contributed by atoms with Crippen molar-refractivity contribution in [3.63, 3.8) is 0 Å². The van der Waals surface area contributed by atoms with Gasteiger partial charge in [0.25, 0.3) is 0 Å². The summed E-state index contributed by atoms with van der Waals surface area (Å²) in [5.41, 5.74) is 1.64. The average Bonchev–Trinajstić information content (AvgIpc) is 2.68. The zero-order chi connectivity index (χ0) is 17.9. The van der Waals surface area contributed by atoms with Crippen LogP contribution in [-0.2, 0) is 0 Å². The fourth-order valence-corrected chi connectivity index (χ4v) is 3.61. The van der Waals surface area contributed by atoms with Gasteiger partial charge in [-0.1, -0.05) is 31.4 Å². The van der Waals surface area contributed by atoms with E-state index in [4.69, 9.17) is 9.15 Å². The Bertz CT molecular complexity index is 950. The molecule has 0 aliphatic heterocycles. The second kappa shape index (κ2) is 7.24. The average molecular weight is 350 g/mol. The molecule has 3 aromatic rings. The maximum Gasteiger partial charge on any atom is 0.200 e. The number of phenolic OH excluding ortho intramolecular Hbond substituents is 1. The molecule has 1 heterocycles. The van der Waals surface area contributed by atoms with Crippen molar-refractivity contribution in [2.45, 2.75) is 32.1 Å². The Kier molecular flexibility index (Phi) is 4.65. The predicted molar refractivity (Wildman–Crippen MR) is 102 cm³/mol. The van der Waals surface area contributed by atoms with E-state index in [0.29, 0.717) is 22.5 Å². The minimum Gasteiger partial charge on any atom is -0.508 e. The Morgan fingerprint density at radius 1 is 1.04 bits per heavy atom. The molecule has 1 aliphatic carbocycles. The van der Waals surface area contributed by atoms with Crippen LogP contribution in [0.2, 0.25) is 0 Å². The van der Waals surface area contributed by atoms with E-state index < -0.39 is 0 Å². The molecule has 1 saturated carbocycles. The van der Waals surface area contributed by atoms with E-state index >= 15 is 0 Å². The molecule has 0 amide bonds. The van der Waals surface area contributed by atoms with Gasteiger partial charge in [0.05, 0.1) is 17.6 Å². The quantitative estimate of drug-likeness (QED) is 0.709. The SMILES string of the molecule is O=c1c(-c2ccc(O)cc2)coc2cc(OCC3CCCCC3)ccc12. The molecule has 0 unspecified atom stereocenters. The summed E-state index contributed by atoms with van der Waals surface area (Å²) in [7, 11) is 0. The van der Waals surface area contributed by atoms with Crippen molar-refractivity contribution in [2.24, 2.45) is 5.92 Å². The van der Waals surface area contributed by atoms with E-state index in [1.165, 1.54) is 38.4 Å². The van der Waals surface area contributed by atoms with Gasteiger partial charge < -0.3 is 14.3 Å². The summed E-state index contributed by atoms with van der Waals surface area (Å²) in [5, 5.41) is 9.93. The lowest BCUT2D eigenvalue weighted by Crippen LogP contribution is -2.15. The predicted octanol–water partition coefficient (Wildman–Crippen LogP) is 5.12. The number of benzene rings is 2. The normalized spacial score (nSPS) is 15.2. The molecular formula is C22H22O4. The van der Waals surface area contributed by atoms with Gasteiger partial charge in [0.1, 0.15) is 23.3 Å². The van der Waals surface area contributed by atoms with Crippen LogP contribution < -0.4 is 10.2 Å². The van der Waals surface area contributed by atoms with Gasteiger partial charge in [-0.15, -0.1) is 0 Å². The Hall–Kier alpha value is -2.75. The van der Waals surface area contributed by atoms with E-state index in [1.54, 1.807) is 36.4 Å². The summed E-state index contributed by atoms with van der Waals surface area (Å²) in [6, 6.07) is 11.9. The zero-order valence-corrected chi connectivity index (χ0v) is 14.6. The summed E-state index contributed by atoms with van der Waals surface area (Å²) in [4.78, 5) is 12.8. The first-order valence-corrected chi connectivity index (χ1v) is 9.18. The Morgan fingerprint density at radius 2 is 1.81 bits per heavy atom. The summed E-state index contributed by atoms with van der Waals surface area (Å²) < 4.78 is 11.6. The molecule has 26 heavy (non-hydrogen) atoms. The molecule has 4 nitrogen and oxygen atoms in total. The molecule has 1 N–H and O–H groups in total. The van der Waals surface area contributed by atoms with E-state index in [-0.39, 0.29) is 11.2 Å². The van der Waals surface area contributed by atoms with Crippen LogP contribution in [-0.4, -0.2) is 11.7 Å². The maximum absolute atomic E-state index is 12.8. The van der Waals surface area contributed by atoms with Crippen molar-refractivity contribution in [3.8, 4) is 22.6 Å². The Morgan fingerprint density at radius 3 is 2.58 bits per heavy atom. The number of hydrogen-bond acceptors (Lipinski definition) is 4. The summed E-state index contributed by atoms with van der Waals surface area (Å²) in [5.74, 6) is 1.53. The van der Waals surface area contributed by atoms with Gasteiger partial charge in [0.15, 0.2) is 5.43 Å². The van der Waals surface area contributed by atoms with Crippen molar-refractivity contribution in [3.05, 3.63) is 59.0 Å². The third-order valence-corrected chi connectivity index (χ3v) is 5.13. The molecule has 0 bridgehead atoms. The molecule has 134 valence electrons. The van der Waals surface area contributed by atoms with Crippen LogP contribution in [0.15, 0.2) is 57.9 Å². The third kappa shape index (κ3) is 3.45. The highest BCUT2D eigenvalue weighted by molar-refractivity contribution is 5.82. The van der Waals surface area contributed by atoms with Crippen molar-refractivity contribution in [1.82, 2.24) is 0 Å². The van der Waals surface area contributed by atoms with Gasteiger partial charge in [0.2, 0.25) is 0 Å². The number of ether oxygens (including phenoxy) is 1. The first-order valence-electron chi connectivity index (χ1n) is 9.18. The van der Waals surface area contributed by atoms with Crippen molar-refractivity contribution < 1.29 is 14.3 Å². The van der Waals surface area contributed by atoms with Crippen LogP contribution in [0.4, 0.5) is 0 Å². The standard InChI is InChI=1S/C22H22O4/c23-17-8-6-16(7-9-17)20-14-26-21-12-18(10-11-19(21)22(20)24)25-13-15-4-2-1-3-5-15/h6-12,14-15,23H,1-5,13H2. The van der Waals surface area contributed by atoms with E-state index in [9.17, 15) is 9.90 Å². The van der Waals surface area contributed by atoms with Crippen LogP contribution in [0.3, 0.4) is 0 Å². The zero-order valence-electron chi connectivity index (χ0n) is 14.6. The maximum atomic E-state index is 12.8. The lowest BCUT2D eigenvalue weighted by atomic mass is 9.90. The molecule has 4 heteroatoms. The van der Waals surface area contributed by atoms with Crippen LogP contribution in [0.25, 0.3) is 22.1 Å². The van der Waals surface area contributed by atoms with Crippen molar-refractivity contribution in [1.29, 1.82) is 0 Å². The van der Waals surface area contributed by atoms with Gasteiger partial charge in [-0.25, -0.2) is 0 Å². The van der Waals surface area contributed by atoms with E-state index in [1.807, 2.05) is 6.07 Å². The number of hydrogen-bond donors (Lipinski definition) is 1. The van der Waals surface area contributed by atoms with E-state index in [0.717, 1.165) is 17.9 Å². The molecule has 1 aliphatic rings. The smallest absolute Gasteiger partial charge is 0.200 e. The van der Waals surface area contributed by atoms with E-state index in [2.05, 4.69) is 0 Å². The van der Waals surface area contributed by atoms with Gasteiger partial charge in [-0.3, -0.25) is 4.79 Å². The Labute approximate surface area is 152 Å². The second-order valence-electron chi connectivity index (χ2n) is 7.00. The van der Waals surface area contributed by atoms with Gasteiger partial charge in [-0.2, -0.15) is 0 Å². The van der Waals surface area contributed by atoms with Gasteiger partial charge in [0, 0.05) is 6.07 Å². The van der Waals surface area contributed by atoms with Gasteiger partial charge >= 0.3 is 0 Å². The molecule has 2 aromatic carbocycles. The highest BCUT2D eigenvalue weighted by Crippen LogP contribution is 2.27. The number of fused-ring (bicyclic) bond motifs is 1. The molecule has 0 radical (unpaired) electrons. The topological polar surface area (TPSA) is 59.7 Å². The second-order valence-corrected chi connectivity index (χ2v) is 7.00. The first kappa shape index (κ1) is 16.7. The lowest BCUT2D eigenvalue weighted by molar-refractivity contribution is 0.209. The summed E-state index contributed by atoms with van der Waals surface area (Å²) in [6.07, 6.45) is 7.86. The summed E-state index contributed by atoms with van der Waals surface area (Å²) >= 11 is 0. The number of rotatable bonds is 4. The highest BCUT2D eigenvalue weighted by Gasteiger charge is 2.15. The van der Waals surface area contributed by atoms with Gasteiger partial charge in [-0.05, 0) is 48.6 Å². The Balaban J connectivity index is 1.58. The fourth-order valence-electron chi connectivity index (χ4n) is 3.61. The molecule has 0 saturated heterocycles. The van der Waals surface area contributed by atoms with Crippen LogP contribution in [0.1, 0.15) is 32.1 Å². The monoisotopic (exact) mass is 350 g/mol. The third-order valence-electron chi connectivity index (χ3n) is 5.13. The number of phenols is 1. The molecule has 4 rings (SSSR count). The van der Waals surface area contributed by atoms with Crippen LogP contribution >= 0.6 is 0 Å². The van der Waals surface area contributed by atoms with Crippen LogP contribution in [0, 0.1) is 5.92 Å². The molecule has 0 spiro atoms. The van der Waals surface area contributed by atoms with Crippen LogP contribution in [0.5, 0.6) is 11.5 Å². The lowest BCUT2D eigenvalue weighted by Gasteiger charge is -2.21. The molecule has 1 fully saturated rings. The first-order chi connectivity index (χ1) is 12.7. The minimum atomic E-state index is -0.0872. The molecular weight excluding hydrogens is 328 g/mol. The number of aromatic hydroxyl groups is 1. The molecule has 0 atom stereocenters. The summed E-state index contributed by atoms with van der Waals surface area (Å²) in [6.45, 7) is 0.724. The largest absolute Gasteiger partial charge is 0.508 e. The highest BCUT2D eigenvalue weighted by atomic mass is 16.5. The minimum absolute atomic E-state index is 0.0872. The fraction of sp³-hybridized carbons (Fsp3) is 0.318. The molecule has 1 aromatic heterocycles. The van der Waals surface area contributed by atoms with Crippen molar-refractivity contribution in [2.75, 3.05) is 6.61 Å². The van der Waals surface area contributed by atoms with Crippen molar-refractivity contribution >= 4 is 11.0 Å².